The number of hydrogen-bond acceptors (Lipinski definition) is 5. The molecule has 1 unspecified atom stereocenters. The van der Waals surface area contributed by atoms with E-state index in [4.69, 9.17) is 11.6 Å². The highest BCUT2D eigenvalue weighted by atomic mass is 35.5. The summed E-state index contributed by atoms with van der Waals surface area (Å²) in [6.45, 7) is 2.27. The van der Waals surface area contributed by atoms with Crippen LogP contribution in [0.25, 0.3) is 16.9 Å². The molecular formula is C22H18ClN5O3. The number of carbonyl (C=O) groups excluding carboxylic acids is 3. The lowest BCUT2D eigenvalue weighted by molar-refractivity contribution is -0.136. The van der Waals surface area contributed by atoms with Crippen LogP contribution < -0.4 is 5.32 Å². The van der Waals surface area contributed by atoms with Crippen LogP contribution in [0.5, 0.6) is 0 Å². The summed E-state index contributed by atoms with van der Waals surface area (Å²) in [5.41, 5.74) is 4.79. The van der Waals surface area contributed by atoms with Crippen LogP contribution in [-0.4, -0.2) is 43.7 Å². The van der Waals surface area contributed by atoms with E-state index in [0.717, 1.165) is 28.1 Å². The first-order chi connectivity index (χ1) is 14.9. The van der Waals surface area contributed by atoms with Gasteiger partial charge in [-0.15, -0.1) is 5.10 Å². The molecule has 2 aliphatic heterocycles. The molecule has 3 amide bonds. The summed E-state index contributed by atoms with van der Waals surface area (Å²) in [7, 11) is 0. The average molecular weight is 436 g/mol. The molecule has 2 aliphatic rings. The van der Waals surface area contributed by atoms with Gasteiger partial charge < -0.3 is 4.90 Å². The largest absolute Gasteiger partial charge is 0.322 e. The number of hydrogen-bond donors (Lipinski definition) is 1. The number of halogens is 1. The van der Waals surface area contributed by atoms with Gasteiger partial charge in [0.05, 0.1) is 11.9 Å². The monoisotopic (exact) mass is 435 g/mol. The second-order valence-corrected chi connectivity index (χ2v) is 8.19. The fraction of sp³-hybridized carbons (Fsp3) is 0.227. The zero-order chi connectivity index (χ0) is 21.7. The number of imide groups is 1. The first kappa shape index (κ1) is 19.4. The number of nitrogens with zero attached hydrogens (tertiary/aromatic N) is 4. The molecule has 8 nitrogen and oxygen atoms in total. The Kier molecular flexibility index (Phi) is 4.59. The molecular weight excluding hydrogens is 418 g/mol. The Balaban J connectivity index is 1.41. The third-order valence-electron chi connectivity index (χ3n) is 5.73. The van der Waals surface area contributed by atoms with Crippen molar-refractivity contribution in [2.45, 2.75) is 32.4 Å². The van der Waals surface area contributed by atoms with Crippen molar-refractivity contribution in [3.8, 4) is 16.9 Å². The predicted octanol–water partition coefficient (Wildman–Crippen LogP) is 2.66. The Morgan fingerprint density at radius 2 is 1.90 bits per heavy atom. The lowest BCUT2D eigenvalue weighted by atomic mass is 10.0. The third-order valence-corrected chi connectivity index (χ3v) is 5.96. The number of piperidine rings is 1. The Morgan fingerprint density at radius 1 is 1.10 bits per heavy atom. The molecule has 3 aromatic rings. The highest BCUT2D eigenvalue weighted by Gasteiger charge is 2.39. The minimum absolute atomic E-state index is 0.202. The number of aryl methyl sites for hydroxylation is 1. The van der Waals surface area contributed by atoms with Crippen LogP contribution in [0.3, 0.4) is 0 Å². The predicted molar refractivity (Wildman–Crippen MR) is 113 cm³/mol. The summed E-state index contributed by atoms with van der Waals surface area (Å²) in [6.07, 6.45) is 2.39. The Hall–Kier alpha value is -3.52. The Labute approximate surface area is 182 Å². The van der Waals surface area contributed by atoms with Crippen molar-refractivity contribution in [3.63, 3.8) is 0 Å². The molecule has 1 N–H and O–H groups in total. The van der Waals surface area contributed by atoms with Crippen molar-refractivity contribution >= 4 is 29.3 Å². The van der Waals surface area contributed by atoms with E-state index in [2.05, 4.69) is 15.6 Å². The molecule has 5 rings (SSSR count). The van der Waals surface area contributed by atoms with Gasteiger partial charge in [0.2, 0.25) is 11.8 Å². The maximum atomic E-state index is 12.8. The normalized spacial score (nSPS) is 18.3. The molecule has 1 fully saturated rings. The van der Waals surface area contributed by atoms with Crippen LogP contribution in [0, 0.1) is 6.92 Å². The van der Waals surface area contributed by atoms with Crippen LogP contribution in [0.1, 0.15) is 34.3 Å². The van der Waals surface area contributed by atoms with Gasteiger partial charge in [0.25, 0.3) is 5.91 Å². The summed E-state index contributed by atoms with van der Waals surface area (Å²) in [4.78, 5) is 38.0. The standard InChI is InChI=1S/C22H18ClN5O3/c1-12-8-14(23)2-4-16(12)18-11-28(26-25-18)15-3-5-17-13(9-15)10-27(22(17)31)19-6-7-20(29)24-21(19)30/h2-5,8-9,11,19H,6-7,10H2,1H3,(H,24,29,30). The van der Waals surface area contributed by atoms with Gasteiger partial charge in [0.15, 0.2) is 0 Å². The smallest absolute Gasteiger partial charge is 0.255 e. The van der Waals surface area contributed by atoms with Crippen molar-refractivity contribution in [1.29, 1.82) is 0 Å². The Morgan fingerprint density at radius 3 is 2.68 bits per heavy atom. The highest BCUT2D eigenvalue weighted by Crippen LogP contribution is 2.30. The van der Waals surface area contributed by atoms with Crippen molar-refractivity contribution in [3.05, 3.63) is 64.3 Å². The maximum absolute atomic E-state index is 12.8. The number of rotatable bonds is 3. The second kappa shape index (κ2) is 7.31. The summed E-state index contributed by atoms with van der Waals surface area (Å²) in [6, 6.07) is 10.4. The summed E-state index contributed by atoms with van der Waals surface area (Å²) in [5, 5.41) is 11.5. The van der Waals surface area contributed by atoms with E-state index in [0.29, 0.717) is 23.6 Å². The highest BCUT2D eigenvalue weighted by molar-refractivity contribution is 6.30. The van der Waals surface area contributed by atoms with E-state index in [9.17, 15) is 14.4 Å². The molecule has 0 aliphatic carbocycles. The van der Waals surface area contributed by atoms with E-state index >= 15 is 0 Å². The summed E-state index contributed by atoms with van der Waals surface area (Å²) < 4.78 is 1.66. The lowest BCUT2D eigenvalue weighted by Crippen LogP contribution is -2.52. The summed E-state index contributed by atoms with van der Waals surface area (Å²) in [5.74, 6) is -0.922. The van der Waals surface area contributed by atoms with Crippen molar-refractivity contribution in [2.75, 3.05) is 0 Å². The molecule has 1 aromatic heterocycles. The van der Waals surface area contributed by atoms with E-state index in [1.807, 2.05) is 37.4 Å². The van der Waals surface area contributed by atoms with Gasteiger partial charge in [0.1, 0.15) is 11.7 Å². The molecule has 1 atom stereocenters. The van der Waals surface area contributed by atoms with Gasteiger partial charge in [-0.3, -0.25) is 19.7 Å². The van der Waals surface area contributed by atoms with E-state index < -0.39 is 11.9 Å². The molecule has 0 bridgehead atoms. The minimum atomic E-state index is -0.632. The van der Waals surface area contributed by atoms with E-state index in [1.54, 1.807) is 16.8 Å². The van der Waals surface area contributed by atoms with Crippen molar-refractivity contribution in [2.24, 2.45) is 0 Å². The topological polar surface area (TPSA) is 97.2 Å². The van der Waals surface area contributed by atoms with Crippen LogP contribution >= 0.6 is 11.6 Å². The zero-order valence-corrected chi connectivity index (χ0v) is 17.4. The lowest BCUT2D eigenvalue weighted by Gasteiger charge is -2.29. The molecule has 0 saturated carbocycles. The number of aromatic nitrogens is 3. The molecule has 31 heavy (non-hydrogen) atoms. The van der Waals surface area contributed by atoms with Gasteiger partial charge in [-0.2, -0.15) is 0 Å². The van der Waals surface area contributed by atoms with Crippen LogP contribution in [0.2, 0.25) is 5.02 Å². The molecule has 0 radical (unpaired) electrons. The molecule has 2 aromatic carbocycles. The molecule has 3 heterocycles. The first-order valence-corrected chi connectivity index (χ1v) is 10.3. The van der Waals surface area contributed by atoms with Gasteiger partial charge in [-0.25, -0.2) is 4.68 Å². The molecule has 9 heteroatoms. The number of amides is 3. The molecule has 1 saturated heterocycles. The zero-order valence-electron chi connectivity index (χ0n) is 16.6. The SMILES string of the molecule is Cc1cc(Cl)ccc1-c1cn(-c2ccc3c(c2)CN(C2CCC(=O)NC2=O)C3=O)nn1. The average Bonchev–Trinajstić information content (AvgIpc) is 3.33. The molecule has 156 valence electrons. The first-order valence-electron chi connectivity index (χ1n) is 9.87. The van der Waals surface area contributed by atoms with Gasteiger partial charge in [-0.05, 0) is 54.8 Å². The fourth-order valence-electron chi connectivity index (χ4n) is 4.13. The number of benzene rings is 2. The van der Waals surface area contributed by atoms with E-state index in [1.165, 1.54) is 4.90 Å². The Bertz CT molecular complexity index is 1250. The van der Waals surface area contributed by atoms with Gasteiger partial charge in [0, 0.05) is 29.1 Å². The van der Waals surface area contributed by atoms with Crippen LogP contribution in [0.4, 0.5) is 0 Å². The van der Waals surface area contributed by atoms with Crippen LogP contribution in [-0.2, 0) is 16.1 Å². The maximum Gasteiger partial charge on any atom is 0.255 e. The fourth-order valence-corrected chi connectivity index (χ4v) is 4.36. The molecule has 0 spiro atoms. The quantitative estimate of drug-likeness (QED) is 0.638. The number of nitrogens with one attached hydrogen (secondary N) is 1. The number of fused-ring (bicyclic) bond motifs is 1. The second-order valence-electron chi connectivity index (χ2n) is 7.75. The third kappa shape index (κ3) is 3.38. The minimum Gasteiger partial charge on any atom is -0.322 e. The van der Waals surface area contributed by atoms with Gasteiger partial charge in [-0.1, -0.05) is 22.9 Å². The van der Waals surface area contributed by atoms with Crippen LogP contribution in [0.15, 0.2) is 42.6 Å². The van der Waals surface area contributed by atoms with Crippen molar-refractivity contribution in [1.82, 2.24) is 25.2 Å². The van der Waals surface area contributed by atoms with Gasteiger partial charge >= 0.3 is 0 Å². The summed E-state index contributed by atoms with van der Waals surface area (Å²) >= 11 is 6.04. The number of carbonyl (C=O) groups is 3. The van der Waals surface area contributed by atoms with E-state index in [-0.39, 0.29) is 18.2 Å². The van der Waals surface area contributed by atoms with Crippen molar-refractivity contribution < 1.29 is 14.4 Å².